The molecular formula is C17H28O3. The molecule has 0 spiro atoms. The third-order valence-corrected chi connectivity index (χ3v) is 5.75. The number of hydrogen-bond donors (Lipinski definition) is 0. The summed E-state index contributed by atoms with van der Waals surface area (Å²) in [6.07, 6.45) is 3.65. The van der Waals surface area contributed by atoms with Crippen molar-refractivity contribution in [3.63, 3.8) is 0 Å². The van der Waals surface area contributed by atoms with E-state index in [-0.39, 0.29) is 5.41 Å². The number of methoxy groups -OCH3 is 2. The van der Waals surface area contributed by atoms with Gasteiger partial charge in [0, 0.05) is 27.1 Å². The molecule has 3 heteroatoms. The third-order valence-electron chi connectivity index (χ3n) is 5.75. The van der Waals surface area contributed by atoms with E-state index in [1.54, 1.807) is 14.2 Å². The van der Waals surface area contributed by atoms with Crippen molar-refractivity contribution >= 4 is 5.78 Å². The minimum absolute atomic E-state index is 0.221. The Morgan fingerprint density at radius 3 is 2.45 bits per heavy atom. The molecule has 0 aromatic carbocycles. The number of rotatable bonds is 5. The van der Waals surface area contributed by atoms with Gasteiger partial charge in [0.2, 0.25) is 0 Å². The molecule has 0 aliphatic heterocycles. The van der Waals surface area contributed by atoms with E-state index in [1.165, 1.54) is 5.57 Å². The lowest BCUT2D eigenvalue weighted by Gasteiger charge is -2.26. The summed E-state index contributed by atoms with van der Waals surface area (Å²) >= 11 is 0. The first-order valence-electron chi connectivity index (χ1n) is 7.57. The molecule has 2 aliphatic rings. The van der Waals surface area contributed by atoms with E-state index >= 15 is 0 Å². The molecule has 2 rings (SSSR count). The number of fused-ring (bicyclic) bond motifs is 1. The molecule has 0 aromatic rings. The van der Waals surface area contributed by atoms with E-state index in [0.29, 0.717) is 17.6 Å². The fourth-order valence-corrected chi connectivity index (χ4v) is 3.91. The predicted octanol–water partition coefficient (Wildman–Crippen LogP) is 3.73. The molecule has 0 radical (unpaired) electrons. The first-order chi connectivity index (χ1) is 9.27. The van der Waals surface area contributed by atoms with Crippen LogP contribution in [0.15, 0.2) is 11.1 Å². The first kappa shape index (κ1) is 15.7. The molecular weight excluding hydrogens is 252 g/mol. The van der Waals surface area contributed by atoms with Crippen molar-refractivity contribution in [3.05, 3.63) is 11.1 Å². The van der Waals surface area contributed by atoms with Crippen LogP contribution in [0.2, 0.25) is 0 Å². The zero-order valence-corrected chi connectivity index (χ0v) is 13.7. The number of ether oxygens (including phenoxy) is 2. The Bertz CT molecular complexity index is 430. The lowest BCUT2D eigenvalue weighted by atomic mass is 9.84. The fraction of sp³-hybridized carbons (Fsp3) is 0.824. The predicted molar refractivity (Wildman–Crippen MR) is 79.4 cm³/mol. The van der Waals surface area contributed by atoms with Crippen LogP contribution in [0.1, 0.15) is 53.4 Å². The van der Waals surface area contributed by atoms with Crippen molar-refractivity contribution in [1.29, 1.82) is 0 Å². The lowest BCUT2D eigenvalue weighted by molar-refractivity contribution is -0.198. The van der Waals surface area contributed by atoms with Gasteiger partial charge >= 0.3 is 0 Å². The molecule has 0 bridgehead atoms. The average molecular weight is 280 g/mol. The highest BCUT2D eigenvalue weighted by Gasteiger charge is 2.63. The van der Waals surface area contributed by atoms with Crippen LogP contribution in [0.25, 0.3) is 0 Å². The third kappa shape index (κ3) is 2.58. The van der Waals surface area contributed by atoms with E-state index in [2.05, 4.69) is 20.8 Å². The Balaban J connectivity index is 2.01. The van der Waals surface area contributed by atoms with Gasteiger partial charge in [-0.15, -0.1) is 0 Å². The number of allylic oxidation sites excluding steroid dienone is 2. The maximum atomic E-state index is 12.2. The van der Waals surface area contributed by atoms with E-state index in [0.717, 1.165) is 31.3 Å². The standard InChI is InChI=1S/C17H28O3/c1-11(2)12-9-14-13(16(14,3)10-15(12)18)7-8-17(4,19-5)20-6/h13-14H,7-10H2,1-6H3/t13-,14-,16+/m0/s1. The van der Waals surface area contributed by atoms with E-state index in [4.69, 9.17) is 9.47 Å². The molecule has 20 heavy (non-hydrogen) atoms. The molecule has 3 atom stereocenters. The highest BCUT2D eigenvalue weighted by molar-refractivity contribution is 5.98. The van der Waals surface area contributed by atoms with E-state index in [9.17, 15) is 4.79 Å². The van der Waals surface area contributed by atoms with Gasteiger partial charge in [-0.3, -0.25) is 4.79 Å². The van der Waals surface area contributed by atoms with Crippen LogP contribution in [0.5, 0.6) is 0 Å². The lowest BCUT2D eigenvalue weighted by Crippen LogP contribution is -2.29. The normalized spacial score (nSPS) is 33.1. The fourth-order valence-electron chi connectivity index (χ4n) is 3.91. The number of Topliss-reactive ketones (excluding diaryl/α,β-unsaturated/α-hetero) is 1. The molecule has 2 saturated carbocycles. The Hall–Kier alpha value is -0.670. The average Bonchev–Trinajstić information content (AvgIpc) is 2.97. The Morgan fingerprint density at radius 2 is 1.95 bits per heavy atom. The van der Waals surface area contributed by atoms with Gasteiger partial charge in [0.25, 0.3) is 0 Å². The van der Waals surface area contributed by atoms with Gasteiger partial charge in [-0.2, -0.15) is 0 Å². The van der Waals surface area contributed by atoms with Gasteiger partial charge in [-0.25, -0.2) is 0 Å². The summed E-state index contributed by atoms with van der Waals surface area (Å²) in [5.74, 6) is 1.18. The SMILES string of the molecule is COC(C)(CC[C@H]1[C@@H]2CC(=C(C)C)C(=O)C[C@]12C)OC. The number of hydrogen-bond acceptors (Lipinski definition) is 3. The summed E-state index contributed by atoms with van der Waals surface area (Å²) in [4.78, 5) is 12.2. The molecule has 0 heterocycles. The summed E-state index contributed by atoms with van der Waals surface area (Å²) in [5, 5.41) is 0. The quantitative estimate of drug-likeness (QED) is 0.568. The second kappa shape index (κ2) is 5.27. The molecule has 3 nitrogen and oxygen atoms in total. The zero-order chi connectivity index (χ0) is 15.1. The second-order valence-corrected chi connectivity index (χ2v) is 7.08. The number of carbonyl (C=O) groups is 1. The topological polar surface area (TPSA) is 35.5 Å². The molecule has 0 saturated heterocycles. The van der Waals surface area contributed by atoms with Crippen molar-refractivity contribution < 1.29 is 14.3 Å². The highest BCUT2D eigenvalue weighted by atomic mass is 16.7. The van der Waals surface area contributed by atoms with Crippen molar-refractivity contribution in [3.8, 4) is 0 Å². The molecule has 2 fully saturated rings. The molecule has 0 N–H and O–H groups in total. The van der Waals surface area contributed by atoms with Gasteiger partial charge in [-0.1, -0.05) is 12.5 Å². The summed E-state index contributed by atoms with van der Waals surface area (Å²) < 4.78 is 10.9. The molecule has 2 aliphatic carbocycles. The van der Waals surface area contributed by atoms with Gasteiger partial charge in [0.05, 0.1) is 0 Å². The number of carbonyl (C=O) groups excluding carboxylic acids is 1. The second-order valence-electron chi connectivity index (χ2n) is 7.08. The summed E-state index contributed by atoms with van der Waals surface area (Å²) in [6.45, 7) is 8.37. The maximum Gasteiger partial charge on any atom is 0.164 e. The maximum absolute atomic E-state index is 12.2. The van der Waals surface area contributed by atoms with Crippen LogP contribution in [0.3, 0.4) is 0 Å². The van der Waals surface area contributed by atoms with Crippen LogP contribution in [-0.4, -0.2) is 25.8 Å². The van der Waals surface area contributed by atoms with Gasteiger partial charge in [0.15, 0.2) is 11.6 Å². The Labute approximate surface area is 122 Å². The van der Waals surface area contributed by atoms with Crippen molar-refractivity contribution in [2.75, 3.05) is 14.2 Å². The van der Waals surface area contributed by atoms with Crippen LogP contribution >= 0.6 is 0 Å². The monoisotopic (exact) mass is 280 g/mol. The van der Waals surface area contributed by atoms with Crippen LogP contribution < -0.4 is 0 Å². The smallest absolute Gasteiger partial charge is 0.164 e. The Morgan fingerprint density at radius 1 is 1.35 bits per heavy atom. The molecule has 0 amide bonds. The summed E-state index contributed by atoms with van der Waals surface area (Å²) in [6, 6.07) is 0. The minimum atomic E-state index is -0.495. The molecule has 0 aromatic heterocycles. The zero-order valence-electron chi connectivity index (χ0n) is 13.7. The van der Waals surface area contributed by atoms with Crippen LogP contribution in [-0.2, 0) is 14.3 Å². The Kier molecular flexibility index (Phi) is 4.14. The van der Waals surface area contributed by atoms with Crippen molar-refractivity contribution in [2.24, 2.45) is 17.3 Å². The summed E-state index contributed by atoms with van der Waals surface area (Å²) in [5.41, 5.74) is 2.50. The number of ketones is 1. The van der Waals surface area contributed by atoms with Gasteiger partial charge in [0.1, 0.15) is 0 Å². The van der Waals surface area contributed by atoms with E-state index < -0.39 is 5.79 Å². The van der Waals surface area contributed by atoms with E-state index in [1.807, 2.05) is 6.92 Å². The van der Waals surface area contributed by atoms with Crippen LogP contribution in [0.4, 0.5) is 0 Å². The molecule has 0 unspecified atom stereocenters. The van der Waals surface area contributed by atoms with Gasteiger partial charge in [-0.05, 0) is 56.4 Å². The summed E-state index contributed by atoms with van der Waals surface area (Å²) in [7, 11) is 3.38. The molecule has 114 valence electrons. The van der Waals surface area contributed by atoms with Gasteiger partial charge < -0.3 is 9.47 Å². The van der Waals surface area contributed by atoms with Crippen LogP contribution in [0, 0.1) is 17.3 Å². The first-order valence-corrected chi connectivity index (χ1v) is 7.57. The minimum Gasteiger partial charge on any atom is -0.353 e. The largest absolute Gasteiger partial charge is 0.353 e. The van der Waals surface area contributed by atoms with Crippen molar-refractivity contribution in [1.82, 2.24) is 0 Å². The van der Waals surface area contributed by atoms with Crippen molar-refractivity contribution in [2.45, 2.75) is 59.2 Å². The highest BCUT2D eigenvalue weighted by Crippen LogP contribution is 2.68.